The standard InChI is InChI=1S/C8H16N2O6S/c1-4-5(2)6(7(11)12)9-17(14,15)10-8(13)16-3/h5-6,9H,4H2,1-3H3,(H,10,13)(H,11,12). The van der Waals surface area contributed by atoms with E-state index in [0.29, 0.717) is 6.42 Å². The highest BCUT2D eigenvalue weighted by Gasteiger charge is 2.29. The number of carboxylic acid groups (broad SMARTS) is 1. The molecule has 0 aromatic rings. The van der Waals surface area contributed by atoms with Gasteiger partial charge in [0.1, 0.15) is 6.04 Å². The number of ether oxygens (including phenoxy) is 1. The van der Waals surface area contributed by atoms with Gasteiger partial charge in [0, 0.05) is 0 Å². The molecule has 0 spiro atoms. The van der Waals surface area contributed by atoms with E-state index in [1.807, 2.05) is 4.72 Å². The van der Waals surface area contributed by atoms with Crippen molar-refractivity contribution in [3.05, 3.63) is 0 Å². The highest BCUT2D eigenvalue weighted by atomic mass is 32.2. The third-order valence-corrected chi connectivity index (χ3v) is 3.16. The molecule has 0 saturated heterocycles. The molecule has 0 aliphatic heterocycles. The van der Waals surface area contributed by atoms with Crippen LogP contribution in [0.2, 0.25) is 0 Å². The maximum Gasteiger partial charge on any atom is 0.421 e. The highest BCUT2D eigenvalue weighted by Crippen LogP contribution is 2.08. The maximum atomic E-state index is 11.3. The summed E-state index contributed by atoms with van der Waals surface area (Å²) in [6, 6.07) is -1.30. The highest BCUT2D eigenvalue weighted by molar-refractivity contribution is 7.88. The lowest BCUT2D eigenvalue weighted by Crippen LogP contribution is -2.50. The van der Waals surface area contributed by atoms with Crippen LogP contribution in [-0.2, 0) is 19.7 Å². The molecule has 0 heterocycles. The van der Waals surface area contributed by atoms with Gasteiger partial charge in [-0.1, -0.05) is 20.3 Å². The van der Waals surface area contributed by atoms with Gasteiger partial charge in [-0.2, -0.15) is 13.1 Å². The lowest BCUT2D eigenvalue weighted by molar-refractivity contribution is -0.140. The number of nitrogens with one attached hydrogen (secondary N) is 2. The fourth-order valence-corrected chi connectivity index (χ4v) is 2.02. The van der Waals surface area contributed by atoms with Gasteiger partial charge < -0.3 is 9.84 Å². The quantitative estimate of drug-likeness (QED) is 0.606. The average molecular weight is 268 g/mol. The Labute approximate surface area is 99.5 Å². The van der Waals surface area contributed by atoms with Gasteiger partial charge in [0.15, 0.2) is 0 Å². The van der Waals surface area contributed by atoms with E-state index < -0.39 is 34.2 Å². The van der Waals surface area contributed by atoms with Crippen LogP contribution in [-0.4, -0.2) is 38.7 Å². The Morgan fingerprint density at radius 2 is 1.94 bits per heavy atom. The summed E-state index contributed by atoms with van der Waals surface area (Å²) in [5, 5.41) is 8.86. The Balaban J connectivity index is 4.76. The number of carboxylic acids is 1. The van der Waals surface area contributed by atoms with Crippen LogP contribution in [0.5, 0.6) is 0 Å². The van der Waals surface area contributed by atoms with E-state index in [1.165, 1.54) is 4.72 Å². The zero-order chi connectivity index (χ0) is 13.6. The molecule has 100 valence electrons. The smallest absolute Gasteiger partial charge is 0.421 e. The molecule has 0 saturated carbocycles. The molecule has 1 amide bonds. The van der Waals surface area contributed by atoms with E-state index in [4.69, 9.17) is 5.11 Å². The number of carbonyl (C=O) groups is 2. The largest absolute Gasteiger partial charge is 0.480 e. The van der Waals surface area contributed by atoms with Gasteiger partial charge in [0.05, 0.1) is 7.11 Å². The molecule has 0 bridgehead atoms. The molecule has 2 atom stereocenters. The summed E-state index contributed by atoms with van der Waals surface area (Å²) < 4.78 is 30.2. The molecule has 0 fully saturated rings. The summed E-state index contributed by atoms with van der Waals surface area (Å²) in [7, 11) is -3.25. The number of carbonyl (C=O) groups excluding carboxylic acids is 1. The number of rotatable bonds is 6. The van der Waals surface area contributed by atoms with E-state index >= 15 is 0 Å². The van der Waals surface area contributed by atoms with Crippen LogP contribution in [0.4, 0.5) is 4.79 Å². The van der Waals surface area contributed by atoms with Crippen molar-refractivity contribution in [3.63, 3.8) is 0 Å². The van der Waals surface area contributed by atoms with Crippen LogP contribution in [0.15, 0.2) is 0 Å². The van der Waals surface area contributed by atoms with Crippen molar-refractivity contribution in [1.82, 2.24) is 9.44 Å². The number of methoxy groups -OCH3 is 1. The van der Waals surface area contributed by atoms with Crippen LogP contribution < -0.4 is 9.44 Å². The van der Waals surface area contributed by atoms with Crippen molar-refractivity contribution in [2.24, 2.45) is 5.92 Å². The molecule has 0 radical (unpaired) electrons. The first-order valence-corrected chi connectivity index (χ1v) is 6.32. The van der Waals surface area contributed by atoms with E-state index in [-0.39, 0.29) is 0 Å². The lowest BCUT2D eigenvalue weighted by atomic mass is 10.0. The summed E-state index contributed by atoms with van der Waals surface area (Å²) in [5.41, 5.74) is 0. The zero-order valence-electron chi connectivity index (χ0n) is 9.76. The molecule has 0 aliphatic rings. The molecular weight excluding hydrogens is 252 g/mol. The minimum absolute atomic E-state index is 0.415. The first-order valence-electron chi connectivity index (χ1n) is 4.84. The van der Waals surface area contributed by atoms with Crippen molar-refractivity contribution in [2.45, 2.75) is 26.3 Å². The van der Waals surface area contributed by atoms with Crippen molar-refractivity contribution < 1.29 is 27.9 Å². The van der Waals surface area contributed by atoms with Gasteiger partial charge in [-0.3, -0.25) is 4.79 Å². The molecule has 0 aliphatic carbocycles. The molecule has 8 nitrogen and oxygen atoms in total. The SMILES string of the molecule is CCC(C)C(NS(=O)(=O)NC(=O)OC)C(=O)O. The summed E-state index contributed by atoms with van der Waals surface area (Å²) >= 11 is 0. The van der Waals surface area contributed by atoms with Crippen LogP contribution in [0.1, 0.15) is 20.3 Å². The first-order chi connectivity index (χ1) is 7.73. The fourth-order valence-electron chi connectivity index (χ4n) is 0.994. The van der Waals surface area contributed by atoms with Crippen molar-refractivity contribution in [3.8, 4) is 0 Å². The molecule has 0 aromatic heterocycles. The van der Waals surface area contributed by atoms with Gasteiger partial charge in [0.2, 0.25) is 0 Å². The Bertz CT molecular complexity index is 379. The molecular formula is C8H16N2O6S. The van der Waals surface area contributed by atoms with Gasteiger partial charge in [0.25, 0.3) is 0 Å². The van der Waals surface area contributed by atoms with Crippen molar-refractivity contribution in [2.75, 3.05) is 7.11 Å². The average Bonchev–Trinajstić information content (AvgIpc) is 2.23. The van der Waals surface area contributed by atoms with Gasteiger partial charge >= 0.3 is 22.3 Å². The lowest BCUT2D eigenvalue weighted by Gasteiger charge is -2.19. The first kappa shape index (κ1) is 15.7. The van der Waals surface area contributed by atoms with Gasteiger partial charge in [-0.15, -0.1) is 0 Å². The minimum atomic E-state index is -4.25. The Kier molecular flexibility index (Phi) is 5.89. The Hall–Kier alpha value is -1.35. The van der Waals surface area contributed by atoms with Gasteiger partial charge in [-0.25, -0.2) is 9.52 Å². The number of hydrogen-bond donors (Lipinski definition) is 3. The Morgan fingerprint density at radius 1 is 1.41 bits per heavy atom. The predicted molar refractivity (Wildman–Crippen MR) is 58.5 cm³/mol. The predicted octanol–water partition coefficient (Wildman–Crippen LogP) is -0.324. The second-order valence-electron chi connectivity index (χ2n) is 3.42. The van der Waals surface area contributed by atoms with E-state index in [9.17, 15) is 18.0 Å². The summed E-state index contributed by atoms with van der Waals surface area (Å²) in [4.78, 5) is 21.6. The van der Waals surface area contributed by atoms with Crippen LogP contribution in [0.3, 0.4) is 0 Å². The van der Waals surface area contributed by atoms with Crippen molar-refractivity contribution in [1.29, 1.82) is 0 Å². The topological polar surface area (TPSA) is 122 Å². The zero-order valence-corrected chi connectivity index (χ0v) is 10.6. The molecule has 3 N–H and O–H groups in total. The van der Waals surface area contributed by atoms with Crippen LogP contribution >= 0.6 is 0 Å². The maximum absolute atomic E-state index is 11.3. The summed E-state index contributed by atoms with van der Waals surface area (Å²) in [5.74, 6) is -1.73. The second kappa shape index (κ2) is 6.40. The third kappa shape index (κ3) is 5.50. The number of amides is 1. The molecule has 2 unspecified atom stereocenters. The normalized spacial score (nSPS) is 14.8. The van der Waals surface area contributed by atoms with Crippen LogP contribution in [0.25, 0.3) is 0 Å². The second-order valence-corrected chi connectivity index (χ2v) is 4.86. The van der Waals surface area contributed by atoms with E-state index in [0.717, 1.165) is 7.11 Å². The van der Waals surface area contributed by atoms with Crippen LogP contribution in [0, 0.1) is 5.92 Å². The minimum Gasteiger partial charge on any atom is -0.480 e. The molecule has 9 heteroatoms. The Morgan fingerprint density at radius 3 is 2.29 bits per heavy atom. The van der Waals surface area contributed by atoms with E-state index in [1.54, 1.807) is 13.8 Å². The number of hydrogen-bond acceptors (Lipinski definition) is 5. The number of aliphatic carboxylic acids is 1. The molecule has 17 heavy (non-hydrogen) atoms. The van der Waals surface area contributed by atoms with E-state index in [2.05, 4.69) is 4.74 Å². The third-order valence-electron chi connectivity index (χ3n) is 2.16. The summed E-state index contributed by atoms with van der Waals surface area (Å²) in [6.07, 6.45) is -0.719. The summed E-state index contributed by atoms with van der Waals surface area (Å²) in [6.45, 7) is 3.31. The fraction of sp³-hybridized carbons (Fsp3) is 0.750. The molecule has 0 aromatic carbocycles. The van der Waals surface area contributed by atoms with Crippen molar-refractivity contribution >= 4 is 22.3 Å². The molecule has 0 rings (SSSR count). The van der Waals surface area contributed by atoms with Gasteiger partial charge in [-0.05, 0) is 5.92 Å². The monoisotopic (exact) mass is 268 g/mol.